The molecule has 0 amide bonds. The van der Waals surface area contributed by atoms with E-state index >= 15 is 0 Å². The summed E-state index contributed by atoms with van der Waals surface area (Å²) in [5, 5.41) is 12.3. The molecule has 0 spiro atoms. The molecule has 8 nitrogen and oxygen atoms in total. The van der Waals surface area contributed by atoms with E-state index < -0.39 is 35.6 Å². The number of rotatable bonds is 8. The van der Waals surface area contributed by atoms with Crippen LogP contribution in [0.2, 0.25) is 0 Å². The Balaban J connectivity index is 1.62. The number of aryl methyl sites for hydroxylation is 1. The fraction of sp³-hybridized carbons (Fsp3) is 0.667. The highest BCUT2D eigenvalue weighted by atomic mass is 32.1. The van der Waals surface area contributed by atoms with Crippen LogP contribution in [0.5, 0.6) is 0 Å². The number of benzene rings is 1. The zero-order chi connectivity index (χ0) is 32.9. The van der Waals surface area contributed by atoms with Gasteiger partial charge in [-0.25, -0.2) is 4.98 Å². The van der Waals surface area contributed by atoms with Gasteiger partial charge in [-0.1, -0.05) is 59.1 Å². The maximum atomic E-state index is 14.2. The van der Waals surface area contributed by atoms with E-state index in [-0.39, 0.29) is 35.8 Å². The number of aromatic nitrogens is 1. The number of allylic oxidation sites excluding steroid dienone is 1. The minimum Gasteiger partial charge on any atom is -0.461 e. The smallest absolute Gasteiger partial charge is 0.309 e. The maximum Gasteiger partial charge on any atom is 0.309 e. The number of esters is 2. The molecular weight excluding hydrogens is 590 g/mol. The lowest BCUT2D eigenvalue weighted by atomic mass is 9.71. The van der Waals surface area contributed by atoms with Crippen molar-refractivity contribution >= 4 is 39.3 Å². The van der Waals surface area contributed by atoms with E-state index in [0.717, 1.165) is 59.3 Å². The number of aliphatic hydroxyl groups excluding tert-OH is 1. The van der Waals surface area contributed by atoms with Crippen molar-refractivity contribution in [2.45, 2.75) is 136 Å². The van der Waals surface area contributed by atoms with Crippen molar-refractivity contribution in [2.24, 2.45) is 17.3 Å². The maximum absolute atomic E-state index is 14.2. The number of unbranched alkanes of at least 4 members (excludes halogenated alkanes) is 2. The van der Waals surface area contributed by atoms with Gasteiger partial charge in [-0.2, -0.15) is 0 Å². The van der Waals surface area contributed by atoms with Gasteiger partial charge in [-0.15, -0.1) is 17.9 Å². The normalized spacial score (nSPS) is 31.2. The van der Waals surface area contributed by atoms with Crippen LogP contribution >= 0.6 is 11.3 Å². The number of hydrogen-bond acceptors (Lipinski definition) is 9. The monoisotopic (exact) mass is 641 g/mol. The number of ether oxygens (including phenoxy) is 3. The predicted octanol–water partition coefficient (Wildman–Crippen LogP) is 7.59. The Morgan fingerprint density at radius 1 is 1.24 bits per heavy atom. The lowest BCUT2D eigenvalue weighted by Crippen LogP contribution is -2.47. The third-order valence-corrected chi connectivity index (χ3v) is 10.7. The SMILES string of the molecule is C=CC[C@@H]1C(=O)C(C)(C)[C@H](O)CC(=O)O[C@@H](c2ccc3sc(C)nc3c2)C[C@H]2O[C@@]2(C)CCC[C@@H](C)[C@H]1OC(=O)CCCCC. The van der Waals surface area contributed by atoms with Gasteiger partial charge in [-0.3, -0.25) is 14.4 Å². The first-order valence-electron chi connectivity index (χ1n) is 16.6. The standard InChI is InChI=1S/C36H51NO7S/c1-8-10-11-15-31(39)43-33-22(3)14-12-18-36(7)30(44-36)20-27(24-16-17-28-26(19-24)37-23(4)45-28)42-32(40)21-29(38)35(5,6)34(41)25(33)13-9-2/h9,16-17,19,22,25,27,29-30,33,38H,2,8,10-15,18,20-21H2,1,3-7H3/t22-,25+,27-,29-,30-,33-,36+/m1/s1. The summed E-state index contributed by atoms with van der Waals surface area (Å²) in [6, 6.07) is 5.93. The summed E-state index contributed by atoms with van der Waals surface area (Å²) in [5.41, 5.74) is 0.00840. The van der Waals surface area contributed by atoms with Crippen molar-refractivity contribution in [3.8, 4) is 0 Å². The summed E-state index contributed by atoms with van der Waals surface area (Å²) >= 11 is 1.61. The van der Waals surface area contributed by atoms with Crippen molar-refractivity contribution < 1.29 is 33.7 Å². The molecule has 0 radical (unpaired) electrons. The number of hydrogen-bond donors (Lipinski definition) is 1. The molecule has 0 saturated carbocycles. The molecule has 1 aromatic heterocycles. The summed E-state index contributed by atoms with van der Waals surface area (Å²) in [6.45, 7) is 15.3. The van der Waals surface area contributed by atoms with Crippen molar-refractivity contribution in [2.75, 3.05) is 0 Å². The lowest BCUT2D eigenvalue weighted by Gasteiger charge is -2.37. The van der Waals surface area contributed by atoms with Crippen LogP contribution in [-0.4, -0.2) is 51.7 Å². The van der Waals surface area contributed by atoms with Gasteiger partial charge in [0.25, 0.3) is 0 Å². The highest BCUT2D eigenvalue weighted by molar-refractivity contribution is 7.18. The van der Waals surface area contributed by atoms with E-state index in [1.54, 1.807) is 31.3 Å². The summed E-state index contributed by atoms with van der Waals surface area (Å²) in [5.74, 6) is -1.98. The topological polar surface area (TPSA) is 115 Å². The largest absolute Gasteiger partial charge is 0.461 e. The number of aliphatic hydroxyl groups is 1. The van der Waals surface area contributed by atoms with Gasteiger partial charge in [0.2, 0.25) is 0 Å². The molecule has 45 heavy (non-hydrogen) atoms. The molecule has 0 aliphatic carbocycles. The zero-order valence-corrected chi connectivity index (χ0v) is 28.6. The predicted molar refractivity (Wildman–Crippen MR) is 176 cm³/mol. The highest BCUT2D eigenvalue weighted by Crippen LogP contribution is 2.47. The molecule has 248 valence electrons. The van der Waals surface area contributed by atoms with E-state index in [0.29, 0.717) is 19.3 Å². The summed E-state index contributed by atoms with van der Waals surface area (Å²) in [7, 11) is 0. The fourth-order valence-corrected chi connectivity index (χ4v) is 7.42. The van der Waals surface area contributed by atoms with Crippen molar-refractivity contribution in [3.05, 3.63) is 41.4 Å². The summed E-state index contributed by atoms with van der Waals surface area (Å²) in [4.78, 5) is 45.2. The summed E-state index contributed by atoms with van der Waals surface area (Å²) in [6.07, 6.45) is 4.70. The second kappa shape index (κ2) is 14.9. The lowest BCUT2D eigenvalue weighted by molar-refractivity contribution is -0.162. The number of cyclic esters (lactones) is 1. The van der Waals surface area contributed by atoms with Crippen molar-refractivity contribution in [1.82, 2.24) is 4.98 Å². The quantitative estimate of drug-likeness (QED) is 0.136. The molecule has 2 aliphatic heterocycles. The molecule has 7 atom stereocenters. The Bertz CT molecular complexity index is 1370. The average molecular weight is 642 g/mol. The first-order valence-corrected chi connectivity index (χ1v) is 17.4. The third-order valence-electron chi connectivity index (χ3n) is 9.76. The van der Waals surface area contributed by atoms with Gasteiger partial charge < -0.3 is 19.3 Å². The van der Waals surface area contributed by atoms with Crippen molar-refractivity contribution in [1.29, 1.82) is 0 Å². The Morgan fingerprint density at radius 3 is 2.71 bits per heavy atom. The molecule has 9 heteroatoms. The molecular formula is C36H51NO7S. The minimum absolute atomic E-state index is 0.102. The van der Waals surface area contributed by atoms with Crippen LogP contribution in [0.25, 0.3) is 10.2 Å². The van der Waals surface area contributed by atoms with E-state index in [4.69, 9.17) is 14.2 Å². The van der Waals surface area contributed by atoms with Crippen LogP contribution in [0.3, 0.4) is 0 Å². The van der Waals surface area contributed by atoms with E-state index in [9.17, 15) is 19.5 Å². The number of nitrogens with zero attached hydrogens (tertiary/aromatic N) is 1. The van der Waals surface area contributed by atoms with E-state index in [1.165, 1.54) is 0 Å². The van der Waals surface area contributed by atoms with Gasteiger partial charge >= 0.3 is 11.9 Å². The molecule has 2 aliphatic rings. The van der Waals surface area contributed by atoms with Gasteiger partial charge in [-0.05, 0) is 63.1 Å². The Labute approximate surface area is 271 Å². The number of ketones is 1. The molecule has 0 bridgehead atoms. The van der Waals surface area contributed by atoms with E-state index in [2.05, 4.69) is 25.4 Å². The molecule has 4 rings (SSSR count). The fourth-order valence-electron chi connectivity index (χ4n) is 6.61. The van der Waals surface area contributed by atoms with Crippen LogP contribution in [0.4, 0.5) is 0 Å². The van der Waals surface area contributed by atoms with Gasteiger partial charge in [0.1, 0.15) is 18.0 Å². The Hall–Kier alpha value is -2.62. The number of epoxide rings is 1. The number of carbonyl (C=O) groups is 3. The second-order valence-electron chi connectivity index (χ2n) is 13.8. The molecule has 2 fully saturated rings. The Kier molecular flexibility index (Phi) is 11.6. The average Bonchev–Trinajstić information content (AvgIpc) is 3.45. The van der Waals surface area contributed by atoms with Crippen molar-refractivity contribution in [3.63, 3.8) is 0 Å². The van der Waals surface area contributed by atoms with E-state index in [1.807, 2.05) is 32.0 Å². The zero-order valence-electron chi connectivity index (χ0n) is 27.8. The first kappa shape index (κ1) is 35.2. The van der Waals surface area contributed by atoms with Crippen LogP contribution in [-0.2, 0) is 28.6 Å². The molecule has 3 heterocycles. The van der Waals surface area contributed by atoms with Gasteiger partial charge in [0.05, 0.1) is 50.8 Å². The third kappa shape index (κ3) is 8.60. The second-order valence-corrected chi connectivity index (χ2v) is 15.0. The van der Waals surface area contributed by atoms with Crippen LogP contribution in [0, 0.1) is 24.2 Å². The molecule has 2 aromatic rings. The van der Waals surface area contributed by atoms with Gasteiger partial charge in [0.15, 0.2) is 0 Å². The van der Waals surface area contributed by atoms with Gasteiger partial charge in [0, 0.05) is 12.8 Å². The molecule has 1 aromatic carbocycles. The van der Waals surface area contributed by atoms with Crippen LogP contribution < -0.4 is 0 Å². The number of Topliss-reactive ketones (excluding diaryl/α,β-unsaturated/α-hetero) is 1. The first-order chi connectivity index (χ1) is 21.3. The minimum atomic E-state index is -1.30. The Morgan fingerprint density at radius 2 is 2.00 bits per heavy atom. The van der Waals surface area contributed by atoms with Crippen LogP contribution in [0.15, 0.2) is 30.9 Å². The summed E-state index contributed by atoms with van der Waals surface area (Å²) < 4.78 is 19.4. The molecule has 2 saturated heterocycles. The number of carbonyl (C=O) groups excluding carboxylic acids is 3. The molecule has 0 unspecified atom stereocenters. The molecule has 1 N–H and O–H groups in total. The number of fused-ring (bicyclic) bond motifs is 2. The number of thiazole rings is 1. The van der Waals surface area contributed by atoms with Crippen LogP contribution in [0.1, 0.15) is 116 Å². The highest BCUT2D eigenvalue weighted by Gasteiger charge is 2.53.